The first kappa shape index (κ1) is 31.3. The molecule has 0 bridgehead atoms. The lowest BCUT2D eigenvalue weighted by Crippen LogP contribution is -2.17. The maximum atomic E-state index is 3.93. The van der Waals surface area contributed by atoms with Gasteiger partial charge in [-0.15, -0.1) is 0 Å². The lowest BCUT2D eigenvalue weighted by molar-refractivity contribution is 0.657. The third-order valence-electron chi connectivity index (χ3n) is 9.61. The second kappa shape index (κ2) is 12.8. The van der Waals surface area contributed by atoms with E-state index in [9.17, 15) is 0 Å². The van der Waals surface area contributed by atoms with Crippen LogP contribution in [-0.2, 0) is 5.41 Å². The molecule has 1 heterocycles. The van der Waals surface area contributed by atoms with E-state index >= 15 is 0 Å². The molecular weight excluding hydrogens is 631 g/mol. The minimum absolute atomic E-state index is 0.137. The van der Waals surface area contributed by atoms with E-state index in [1.165, 1.54) is 53.0 Å². The fourth-order valence-corrected chi connectivity index (χ4v) is 9.40. The number of rotatable bonds is 7. The molecule has 49 heavy (non-hydrogen) atoms. The Morgan fingerprint density at radius 3 is 1.82 bits per heavy atom. The van der Waals surface area contributed by atoms with Crippen molar-refractivity contribution in [1.82, 2.24) is 0 Å². The Bertz CT molecular complexity index is 2260. The van der Waals surface area contributed by atoms with Gasteiger partial charge in [-0.1, -0.05) is 141 Å². The maximum absolute atomic E-state index is 3.93. The van der Waals surface area contributed by atoms with Gasteiger partial charge in [-0.2, -0.15) is 0 Å². The average Bonchev–Trinajstić information content (AvgIpc) is 3.35. The third kappa shape index (κ3) is 5.67. The highest BCUT2D eigenvalue weighted by atomic mass is 32.2. The smallest absolute Gasteiger partial charge is 0.0465 e. The molecule has 0 atom stereocenters. The minimum atomic E-state index is -0.137. The Morgan fingerprint density at radius 1 is 0.592 bits per heavy atom. The molecule has 0 radical (unpaired) electrons. The summed E-state index contributed by atoms with van der Waals surface area (Å²) in [6.07, 6.45) is 8.11. The van der Waals surface area contributed by atoms with Crippen molar-refractivity contribution in [2.45, 2.75) is 45.8 Å². The van der Waals surface area contributed by atoms with Crippen LogP contribution in [0.15, 0.2) is 184 Å². The molecule has 6 aromatic rings. The van der Waals surface area contributed by atoms with Gasteiger partial charge in [0.15, 0.2) is 0 Å². The van der Waals surface area contributed by atoms with Crippen LogP contribution in [0.4, 0.5) is 17.1 Å². The van der Waals surface area contributed by atoms with Gasteiger partial charge < -0.3 is 4.90 Å². The lowest BCUT2D eigenvalue weighted by atomic mass is 9.82. The molecule has 6 aromatic carbocycles. The van der Waals surface area contributed by atoms with E-state index in [0.29, 0.717) is 0 Å². The minimum Gasteiger partial charge on any atom is -0.310 e. The summed E-state index contributed by atoms with van der Waals surface area (Å²) in [5, 5.41) is 0. The predicted molar refractivity (Wildman–Crippen MR) is 212 cm³/mol. The zero-order chi connectivity index (χ0) is 33.5. The van der Waals surface area contributed by atoms with Crippen LogP contribution in [0.5, 0.6) is 0 Å². The molecule has 3 heteroatoms. The molecule has 0 fully saturated rings. The fourth-order valence-electron chi connectivity index (χ4n) is 7.12. The molecule has 8 rings (SSSR count). The van der Waals surface area contributed by atoms with E-state index in [-0.39, 0.29) is 5.41 Å². The van der Waals surface area contributed by atoms with Crippen molar-refractivity contribution in [2.75, 3.05) is 4.90 Å². The van der Waals surface area contributed by atoms with E-state index < -0.39 is 0 Å². The number of benzene rings is 6. The first-order chi connectivity index (χ1) is 23.9. The van der Waals surface area contributed by atoms with E-state index in [1.54, 1.807) is 0 Å². The number of hydrogen-bond acceptors (Lipinski definition) is 3. The number of hydrogen-bond donors (Lipinski definition) is 0. The molecule has 1 nitrogen and oxygen atoms in total. The Balaban J connectivity index is 1.22. The molecule has 0 spiro atoms. The molecule has 0 N–H and O–H groups in total. The van der Waals surface area contributed by atoms with E-state index in [4.69, 9.17) is 0 Å². The highest BCUT2D eigenvalue weighted by Gasteiger charge is 2.37. The van der Waals surface area contributed by atoms with E-state index in [1.807, 2.05) is 36.5 Å². The first-order valence-electron chi connectivity index (χ1n) is 16.7. The Morgan fingerprint density at radius 2 is 1.16 bits per heavy atom. The highest BCUT2D eigenvalue weighted by molar-refractivity contribution is 8.05. The van der Waals surface area contributed by atoms with Crippen LogP contribution >= 0.6 is 23.5 Å². The second-order valence-electron chi connectivity index (χ2n) is 13.0. The van der Waals surface area contributed by atoms with Crippen LogP contribution in [0, 0.1) is 0 Å². The van der Waals surface area contributed by atoms with E-state index in [2.05, 4.69) is 177 Å². The van der Waals surface area contributed by atoms with Gasteiger partial charge in [0.1, 0.15) is 0 Å². The number of allylic oxidation sites excluding steroid dienone is 5. The largest absolute Gasteiger partial charge is 0.310 e. The van der Waals surface area contributed by atoms with Crippen LogP contribution in [0.3, 0.4) is 0 Å². The molecule has 0 aromatic heterocycles. The van der Waals surface area contributed by atoms with Crippen LogP contribution in [0.25, 0.3) is 27.8 Å². The number of anilines is 3. The van der Waals surface area contributed by atoms with Gasteiger partial charge in [0.2, 0.25) is 0 Å². The molecule has 1 aliphatic carbocycles. The Labute approximate surface area is 298 Å². The van der Waals surface area contributed by atoms with Crippen molar-refractivity contribution in [3.63, 3.8) is 0 Å². The summed E-state index contributed by atoms with van der Waals surface area (Å²) in [6, 6.07) is 49.1. The van der Waals surface area contributed by atoms with Crippen LogP contribution in [0.2, 0.25) is 0 Å². The molecule has 2 aliphatic rings. The molecule has 1 aliphatic heterocycles. The number of fused-ring (bicyclic) bond motifs is 5. The van der Waals surface area contributed by atoms with Crippen molar-refractivity contribution < 1.29 is 0 Å². The Hall–Kier alpha value is -4.96. The fraction of sp³-hybridized carbons (Fsp3) is 0.0870. The molecular formula is C46H37NS2. The van der Waals surface area contributed by atoms with Crippen molar-refractivity contribution in [3.05, 3.63) is 181 Å². The highest BCUT2D eigenvalue weighted by Crippen LogP contribution is 2.56. The van der Waals surface area contributed by atoms with E-state index in [0.717, 1.165) is 28.2 Å². The summed E-state index contributed by atoms with van der Waals surface area (Å²) in [6.45, 7) is 10.7. The second-order valence-corrected chi connectivity index (χ2v) is 15.2. The first-order valence-corrected chi connectivity index (χ1v) is 18.4. The molecule has 238 valence electrons. The summed E-state index contributed by atoms with van der Waals surface area (Å²) in [5.74, 6) is 0. The van der Waals surface area contributed by atoms with Gasteiger partial charge >= 0.3 is 0 Å². The van der Waals surface area contributed by atoms with Crippen molar-refractivity contribution in [2.24, 2.45) is 0 Å². The Kier molecular flexibility index (Phi) is 8.19. The molecule has 0 saturated carbocycles. The average molecular weight is 668 g/mol. The third-order valence-corrected chi connectivity index (χ3v) is 12.1. The number of nitrogens with zero attached hydrogens (tertiary/aromatic N) is 1. The standard InChI is InChI=1S/C46H37NS2/c1-5-12-31(13-6-2)33-18-22-35(23-19-33)47(36-24-20-34(21-25-36)32-14-8-7-9-15-32)37-26-27-38-39-29-44-45(30-41(39)46(3,4)40(38)28-37)49-43-17-11-10-16-42(43)48-44/h5-30H,1H2,2-4H3/b13-6-,31-12+. The van der Waals surface area contributed by atoms with Gasteiger partial charge in [-0.05, 0) is 112 Å². The normalized spacial score (nSPS) is 14.1. The predicted octanol–water partition coefficient (Wildman–Crippen LogP) is 13.9. The quantitative estimate of drug-likeness (QED) is 0.156. The van der Waals surface area contributed by atoms with Crippen LogP contribution in [0.1, 0.15) is 37.5 Å². The summed E-state index contributed by atoms with van der Waals surface area (Å²) in [5.41, 5.74) is 13.4. The summed E-state index contributed by atoms with van der Waals surface area (Å²) >= 11 is 3.79. The van der Waals surface area contributed by atoms with Gasteiger partial charge in [-0.3, -0.25) is 0 Å². The zero-order valence-electron chi connectivity index (χ0n) is 28.0. The zero-order valence-corrected chi connectivity index (χ0v) is 29.6. The SMILES string of the molecule is C=C/C=C(\C=C/C)c1ccc(N(c2ccc(-c3ccccc3)cc2)c2ccc3c(c2)C(C)(C)c2cc4c(cc2-3)Sc2ccccc2S4)cc1. The molecule has 0 saturated heterocycles. The summed E-state index contributed by atoms with van der Waals surface area (Å²) in [4.78, 5) is 7.77. The van der Waals surface area contributed by atoms with Crippen LogP contribution in [-0.4, -0.2) is 0 Å². The van der Waals surface area contributed by atoms with Gasteiger partial charge in [0.25, 0.3) is 0 Å². The topological polar surface area (TPSA) is 3.24 Å². The van der Waals surface area contributed by atoms with Crippen molar-refractivity contribution >= 4 is 46.2 Å². The van der Waals surface area contributed by atoms with Gasteiger partial charge in [-0.25, -0.2) is 0 Å². The summed E-state index contributed by atoms with van der Waals surface area (Å²) in [7, 11) is 0. The lowest BCUT2D eigenvalue weighted by Gasteiger charge is -2.28. The molecule has 0 unspecified atom stereocenters. The van der Waals surface area contributed by atoms with Crippen molar-refractivity contribution in [3.8, 4) is 22.3 Å². The maximum Gasteiger partial charge on any atom is 0.0465 e. The van der Waals surface area contributed by atoms with Crippen LogP contribution < -0.4 is 4.90 Å². The molecule has 0 amide bonds. The van der Waals surface area contributed by atoms with Crippen molar-refractivity contribution in [1.29, 1.82) is 0 Å². The van der Waals surface area contributed by atoms with Gasteiger partial charge in [0.05, 0.1) is 0 Å². The monoisotopic (exact) mass is 667 g/mol. The summed E-state index contributed by atoms with van der Waals surface area (Å²) < 4.78 is 0. The van der Waals surface area contributed by atoms with Gasteiger partial charge in [0, 0.05) is 42.1 Å².